The topological polar surface area (TPSA) is 38.9 Å². The smallest absolute Gasteiger partial charge is 0.150 e. The normalized spacial score (nSPS) is 10.6. The third-order valence-electron chi connectivity index (χ3n) is 2.03. The first kappa shape index (κ1) is 11.4. The van der Waals surface area contributed by atoms with Crippen LogP contribution in [0.3, 0.4) is 0 Å². The highest BCUT2D eigenvalue weighted by molar-refractivity contribution is 8.00. The summed E-state index contributed by atoms with van der Waals surface area (Å²) in [5.74, 6) is 0.359. The van der Waals surface area contributed by atoms with Crippen molar-refractivity contribution in [3.63, 3.8) is 0 Å². The maximum Gasteiger partial charge on any atom is 0.150 e. The third kappa shape index (κ3) is 2.74. The molecule has 2 rings (SSSR count). The van der Waals surface area contributed by atoms with Gasteiger partial charge >= 0.3 is 0 Å². The van der Waals surface area contributed by atoms with Gasteiger partial charge in [0, 0.05) is 16.8 Å². The first-order chi connectivity index (χ1) is 7.65. The number of nitrogens with two attached hydrogens (primary N) is 1. The van der Waals surface area contributed by atoms with Crippen molar-refractivity contribution in [1.29, 1.82) is 0 Å². The van der Waals surface area contributed by atoms with Crippen LogP contribution in [0.2, 0.25) is 0 Å². The Morgan fingerprint density at radius 3 is 2.94 bits per heavy atom. The van der Waals surface area contributed by atoms with Crippen molar-refractivity contribution in [3.05, 3.63) is 40.7 Å². The summed E-state index contributed by atoms with van der Waals surface area (Å²) in [7, 11) is 0. The molecule has 0 saturated heterocycles. The van der Waals surface area contributed by atoms with E-state index in [2.05, 4.69) is 4.98 Å². The summed E-state index contributed by atoms with van der Waals surface area (Å²) >= 11 is 3.22. The molecule has 2 aromatic rings. The Bertz CT molecular complexity index is 496. The van der Waals surface area contributed by atoms with Crippen LogP contribution in [0.4, 0.5) is 10.1 Å². The Morgan fingerprint density at radius 2 is 2.31 bits per heavy atom. The molecule has 2 N–H and O–H groups in total. The highest BCUT2D eigenvalue weighted by Gasteiger charge is 2.03. The van der Waals surface area contributed by atoms with E-state index in [0.717, 1.165) is 15.6 Å². The fraction of sp³-hybridized carbons (Fsp3) is 0.182. The highest BCUT2D eigenvalue weighted by Crippen LogP contribution is 2.26. The van der Waals surface area contributed by atoms with E-state index in [9.17, 15) is 4.39 Å². The van der Waals surface area contributed by atoms with Gasteiger partial charge in [-0.15, -0.1) is 11.3 Å². The number of rotatable bonds is 3. The summed E-state index contributed by atoms with van der Waals surface area (Å²) in [6.45, 7) is 1.96. The quantitative estimate of drug-likeness (QED) is 0.673. The van der Waals surface area contributed by atoms with E-state index in [1.807, 2.05) is 18.4 Å². The second-order valence-electron chi connectivity index (χ2n) is 3.40. The fourth-order valence-corrected chi connectivity index (χ4v) is 3.00. The van der Waals surface area contributed by atoms with Crippen LogP contribution in [0.25, 0.3) is 0 Å². The van der Waals surface area contributed by atoms with Gasteiger partial charge in [-0.1, -0.05) is 17.8 Å². The van der Waals surface area contributed by atoms with Crippen LogP contribution in [0.15, 0.2) is 27.9 Å². The molecule has 1 aromatic carbocycles. The lowest BCUT2D eigenvalue weighted by atomic mass is 10.2. The van der Waals surface area contributed by atoms with Gasteiger partial charge in [0.05, 0.1) is 5.69 Å². The zero-order valence-electron chi connectivity index (χ0n) is 8.74. The summed E-state index contributed by atoms with van der Waals surface area (Å²) in [5, 5.41) is 2.01. The summed E-state index contributed by atoms with van der Waals surface area (Å²) < 4.78 is 14.2. The number of aryl methyl sites for hydroxylation is 1. The minimum atomic E-state index is -0.353. The zero-order valence-corrected chi connectivity index (χ0v) is 10.4. The number of benzene rings is 1. The van der Waals surface area contributed by atoms with Crippen LogP contribution in [0.1, 0.15) is 11.3 Å². The van der Waals surface area contributed by atoms with Gasteiger partial charge in [0.2, 0.25) is 0 Å². The molecule has 0 fully saturated rings. The van der Waals surface area contributed by atoms with E-state index < -0.39 is 0 Å². The molecule has 1 aromatic heterocycles. The first-order valence-corrected chi connectivity index (χ1v) is 6.60. The molecule has 0 aliphatic heterocycles. The van der Waals surface area contributed by atoms with Gasteiger partial charge in [-0.2, -0.15) is 0 Å². The minimum absolute atomic E-state index is 0.193. The van der Waals surface area contributed by atoms with E-state index in [-0.39, 0.29) is 11.5 Å². The molecular formula is C11H11FN2S2. The number of nitrogens with zero attached hydrogens (tertiary/aromatic N) is 1. The van der Waals surface area contributed by atoms with Crippen LogP contribution in [0, 0.1) is 12.7 Å². The predicted octanol–water partition coefficient (Wildman–Crippen LogP) is 3.47. The highest BCUT2D eigenvalue weighted by atomic mass is 32.2. The molecule has 0 aliphatic rings. The lowest BCUT2D eigenvalue weighted by Crippen LogP contribution is -1.91. The molecule has 0 unspecified atom stereocenters. The molecule has 0 atom stereocenters. The zero-order chi connectivity index (χ0) is 11.5. The van der Waals surface area contributed by atoms with E-state index in [0.29, 0.717) is 5.75 Å². The number of halogens is 1. The van der Waals surface area contributed by atoms with Crippen molar-refractivity contribution >= 4 is 28.8 Å². The Hall–Kier alpha value is -1.07. The molecule has 0 spiro atoms. The molecule has 84 valence electrons. The second-order valence-corrected chi connectivity index (χ2v) is 5.48. The molecule has 2 nitrogen and oxygen atoms in total. The van der Waals surface area contributed by atoms with Crippen molar-refractivity contribution in [2.24, 2.45) is 0 Å². The third-order valence-corrected chi connectivity index (χ3v) is 4.24. The minimum Gasteiger partial charge on any atom is -0.396 e. The Kier molecular flexibility index (Phi) is 3.46. The predicted molar refractivity (Wildman–Crippen MR) is 67.2 cm³/mol. The lowest BCUT2D eigenvalue weighted by Gasteiger charge is -2.01. The molecule has 16 heavy (non-hydrogen) atoms. The standard InChI is InChI=1S/C11H11FN2S2/c1-7-5-15-11(14-7)16-6-8-2-3-10(13)9(12)4-8/h2-5H,6,13H2,1H3. The van der Waals surface area contributed by atoms with Crippen molar-refractivity contribution in [3.8, 4) is 0 Å². The van der Waals surface area contributed by atoms with Crippen LogP contribution in [0.5, 0.6) is 0 Å². The Morgan fingerprint density at radius 1 is 1.50 bits per heavy atom. The van der Waals surface area contributed by atoms with Gasteiger partial charge in [0.15, 0.2) is 0 Å². The van der Waals surface area contributed by atoms with Crippen LogP contribution >= 0.6 is 23.1 Å². The first-order valence-electron chi connectivity index (χ1n) is 4.74. The average Bonchev–Trinajstić information content (AvgIpc) is 2.66. The van der Waals surface area contributed by atoms with Crippen molar-refractivity contribution in [1.82, 2.24) is 4.98 Å². The van der Waals surface area contributed by atoms with Crippen LogP contribution in [-0.4, -0.2) is 4.98 Å². The summed E-state index contributed by atoms with van der Waals surface area (Å²) in [6, 6.07) is 4.91. The van der Waals surface area contributed by atoms with Crippen molar-refractivity contribution in [2.75, 3.05) is 5.73 Å². The maximum atomic E-state index is 13.2. The number of hydrogen-bond donors (Lipinski definition) is 1. The number of thioether (sulfide) groups is 1. The van der Waals surface area contributed by atoms with Crippen molar-refractivity contribution in [2.45, 2.75) is 17.0 Å². The summed E-state index contributed by atoms with van der Waals surface area (Å²) in [4.78, 5) is 4.33. The van der Waals surface area contributed by atoms with Gasteiger partial charge in [-0.25, -0.2) is 9.37 Å². The van der Waals surface area contributed by atoms with Crippen molar-refractivity contribution < 1.29 is 4.39 Å². The Balaban J connectivity index is 2.02. The molecule has 0 amide bonds. The van der Waals surface area contributed by atoms with E-state index in [1.54, 1.807) is 29.2 Å². The summed E-state index contributed by atoms with van der Waals surface area (Å²) in [6.07, 6.45) is 0. The average molecular weight is 254 g/mol. The fourth-order valence-electron chi connectivity index (χ4n) is 1.20. The Labute approximate surface area is 102 Å². The number of hydrogen-bond acceptors (Lipinski definition) is 4. The number of aromatic nitrogens is 1. The monoisotopic (exact) mass is 254 g/mol. The van der Waals surface area contributed by atoms with Crippen LogP contribution in [-0.2, 0) is 5.75 Å². The van der Waals surface area contributed by atoms with E-state index in [1.165, 1.54) is 6.07 Å². The molecule has 0 aliphatic carbocycles. The van der Waals surface area contributed by atoms with Gasteiger partial charge in [-0.05, 0) is 24.6 Å². The largest absolute Gasteiger partial charge is 0.396 e. The van der Waals surface area contributed by atoms with E-state index >= 15 is 0 Å². The molecule has 0 radical (unpaired) electrons. The maximum absolute atomic E-state index is 13.2. The second kappa shape index (κ2) is 4.84. The van der Waals surface area contributed by atoms with Gasteiger partial charge in [0.1, 0.15) is 10.2 Å². The molecule has 0 bridgehead atoms. The number of thiazole rings is 1. The lowest BCUT2D eigenvalue weighted by molar-refractivity contribution is 0.631. The molecule has 5 heteroatoms. The van der Waals surface area contributed by atoms with Gasteiger partial charge in [-0.3, -0.25) is 0 Å². The van der Waals surface area contributed by atoms with Gasteiger partial charge in [0.25, 0.3) is 0 Å². The number of nitrogen functional groups attached to an aromatic ring is 1. The SMILES string of the molecule is Cc1csc(SCc2ccc(N)c(F)c2)n1. The molecule has 0 saturated carbocycles. The molecule has 1 heterocycles. The molecular weight excluding hydrogens is 243 g/mol. The van der Waals surface area contributed by atoms with Gasteiger partial charge < -0.3 is 5.73 Å². The number of anilines is 1. The summed E-state index contributed by atoms with van der Waals surface area (Å²) in [5.41, 5.74) is 7.55. The van der Waals surface area contributed by atoms with E-state index in [4.69, 9.17) is 5.73 Å². The van der Waals surface area contributed by atoms with Crippen LogP contribution < -0.4 is 5.73 Å².